The van der Waals surface area contributed by atoms with Crippen molar-refractivity contribution in [2.45, 2.75) is 38.3 Å². The molecule has 2 fully saturated rings. The van der Waals surface area contributed by atoms with Gasteiger partial charge in [0.05, 0.1) is 33.0 Å². The van der Waals surface area contributed by atoms with E-state index in [-0.39, 0.29) is 5.91 Å². The molecule has 0 radical (unpaired) electrons. The molecular weight excluding hydrogens is 482 g/mol. The summed E-state index contributed by atoms with van der Waals surface area (Å²) in [6, 6.07) is 8.38. The molecule has 0 bridgehead atoms. The minimum Gasteiger partial charge on any atom is -0.493 e. The summed E-state index contributed by atoms with van der Waals surface area (Å²) < 4.78 is 12.7. The normalized spacial score (nSPS) is 16.5. The van der Waals surface area contributed by atoms with Crippen LogP contribution in [0.3, 0.4) is 0 Å². The van der Waals surface area contributed by atoms with Gasteiger partial charge in [-0.3, -0.25) is 14.6 Å². The predicted molar refractivity (Wildman–Crippen MR) is 135 cm³/mol. The van der Waals surface area contributed by atoms with Crippen LogP contribution in [-0.4, -0.2) is 94.6 Å². The van der Waals surface area contributed by atoms with E-state index in [4.69, 9.17) is 29.3 Å². The molecule has 2 aliphatic rings. The van der Waals surface area contributed by atoms with Crippen molar-refractivity contribution in [1.29, 1.82) is 0 Å². The standard InChI is InChI=1S/C23H33N5O3.C2H2O4/c1-30-20-8-7-18(15-21(20)31-2)16-26-11-13-27(14-12-26)17-23(29)25-22-9-10-24-28(22)19-5-3-4-6-19;3-1(4)2(5)6/h7-10,15,19H,3-6,11-14,16-17H2,1-2H3,(H,25,29);(H,3,4)(H,5,6). The number of amides is 1. The molecule has 1 saturated carbocycles. The first-order chi connectivity index (χ1) is 17.8. The van der Waals surface area contributed by atoms with Crippen molar-refractivity contribution in [3.8, 4) is 11.5 Å². The number of aliphatic carboxylic acids is 2. The topological polar surface area (TPSA) is 146 Å². The van der Waals surface area contributed by atoms with Gasteiger partial charge in [-0.1, -0.05) is 18.9 Å². The summed E-state index contributed by atoms with van der Waals surface area (Å²) in [6.45, 7) is 4.90. The average Bonchev–Trinajstić information content (AvgIpc) is 3.57. The third-order valence-electron chi connectivity index (χ3n) is 6.48. The van der Waals surface area contributed by atoms with Gasteiger partial charge in [-0.15, -0.1) is 0 Å². The van der Waals surface area contributed by atoms with Crippen molar-refractivity contribution in [3.63, 3.8) is 0 Å². The summed E-state index contributed by atoms with van der Waals surface area (Å²) in [7, 11) is 3.31. The zero-order valence-electron chi connectivity index (χ0n) is 21.3. The number of anilines is 1. The van der Waals surface area contributed by atoms with Crippen molar-refractivity contribution in [1.82, 2.24) is 19.6 Å². The maximum atomic E-state index is 12.6. The highest BCUT2D eigenvalue weighted by atomic mass is 16.5. The van der Waals surface area contributed by atoms with Crippen LogP contribution in [0.25, 0.3) is 0 Å². The fourth-order valence-corrected chi connectivity index (χ4v) is 4.58. The van der Waals surface area contributed by atoms with Gasteiger partial charge in [0.25, 0.3) is 0 Å². The fourth-order valence-electron chi connectivity index (χ4n) is 4.58. The molecular formula is C25H35N5O7. The maximum absolute atomic E-state index is 12.6. The minimum atomic E-state index is -1.82. The van der Waals surface area contributed by atoms with Crippen molar-refractivity contribution in [2.75, 3.05) is 52.3 Å². The molecule has 1 aliphatic carbocycles. The Labute approximate surface area is 215 Å². The van der Waals surface area contributed by atoms with Gasteiger partial charge in [0, 0.05) is 38.8 Å². The van der Waals surface area contributed by atoms with E-state index in [9.17, 15) is 4.79 Å². The van der Waals surface area contributed by atoms with Crippen LogP contribution >= 0.6 is 0 Å². The van der Waals surface area contributed by atoms with E-state index < -0.39 is 11.9 Å². The number of hydrogen-bond acceptors (Lipinski definition) is 8. The van der Waals surface area contributed by atoms with Crippen LogP contribution < -0.4 is 14.8 Å². The Kier molecular flexibility index (Phi) is 10.3. The molecule has 0 spiro atoms. The third kappa shape index (κ3) is 8.19. The SMILES string of the molecule is COc1ccc(CN2CCN(CC(=O)Nc3ccnn3C3CCCC3)CC2)cc1OC.O=C(O)C(=O)O. The molecule has 0 unspecified atom stereocenters. The van der Waals surface area contributed by atoms with Crippen molar-refractivity contribution in [2.24, 2.45) is 0 Å². The number of aromatic nitrogens is 2. The quantitative estimate of drug-likeness (QED) is 0.444. The van der Waals surface area contributed by atoms with E-state index in [1.54, 1.807) is 20.4 Å². The summed E-state index contributed by atoms with van der Waals surface area (Å²) >= 11 is 0. The van der Waals surface area contributed by atoms with Crippen LogP contribution in [0.5, 0.6) is 11.5 Å². The van der Waals surface area contributed by atoms with E-state index in [1.165, 1.54) is 18.4 Å². The largest absolute Gasteiger partial charge is 0.493 e. The Hall–Kier alpha value is -3.64. The number of nitrogens with one attached hydrogen (secondary N) is 1. The summed E-state index contributed by atoms with van der Waals surface area (Å²) in [5.41, 5.74) is 1.20. The van der Waals surface area contributed by atoms with Crippen LogP contribution in [0.2, 0.25) is 0 Å². The first kappa shape index (κ1) is 27.9. The minimum absolute atomic E-state index is 0.0353. The zero-order valence-corrected chi connectivity index (χ0v) is 21.3. The molecule has 1 aliphatic heterocycles. The first-order valence-corrected chi connectivity index (χ1v) is 12.3. The molecule has 0 atom stereocenters. The zero-order chi connectivity index (χ0) is 26.8. The number of carbonyl (C=O) groups is 3. The Morgan fingerprint density at radius 1 is 0.946 bits per heavy atom. The van der Waals surface area contributed by atoms with Crippen LogP contribution in [0.1, 0.15) is 37.3 Å². The number of carbonyl (C=O) groups excluding carboxylic acids is 1. The van der Waals surface area contributed by atoms with Crippen molar-refractivity contribution >= 4 is 23.7 Å². The Balaban J connectivity index is 0.000000568. The summed E-state index contributed by atoms with van der Waals surface area (Å²) in [6.07, 6.45) is 6.55. The lowest BCUT2D eigenvalue weighted by atomic mass is 10.1. The smallest absolute Gasteiger partial charge is 0.414 e. The van der Waals surface area contributed by atoms with Crippen LogP contribution in [-0.2, 0) is 20.9 Å². The number of nitrogens with zero attached hydrogens (tertiary/aromatic N) is 4. The third-order valence-corrected chi connectivity index (χ3v) is 6.48. The monoisotopic (exact) mass is 517 g/mol. The van der Waals surface area contributed by atoms with E-state index >= 15 is 0 Å². The highest BCUT2D eigenvalue weighted by Crippen LogP contribution is 2.31. The lowest BCUT2D eigenvalue weighted by Crippen LogP contribution is -2.48. The number of piperazine rings is 1. The lowest BCUT2D eigenvalue weighted by molar-refractivity contribution is -0.159. The summed E-state index contributed by atoms with van der Waals surface area (Å²) in [5.74, 6) is -1.29. The summed E-state index contributed by atoms with van der Waals surface area (Å²) in [4.78, 5) is 35.4. The van der Waals surface area contributed by atoms with E-state index in [0.29, 0.717) is 12.6 Å². The maximum Gasteiger partial charge on any atom is 0.414 e. The number of benzene rings is 1. The van der Waals surface area contributed by atoms with Gasteiger partial charge in [0.15, 0.2) is 11.5 Å². The van der Waals surface area contributed by atoms with Gasteiger partial charge in [0.2, 0.25) is 5.91 Å². The molecule has 3 N–H and O–H groups in total. The number of carboxylic acids is 2. The number of ether oxygens (including phenoxy) is 2. The second kappa shape index (κ2) is 13.6. The molecule has 37 heavy (non-hydrogen) atoms. The highest BCUT2D eigenvalue weighted by Gasteiger charge is 2.23. The van der Waals surface area contributed by atoms with Gasteiger partial charge < -0.3 is 25.0 Å². The number of hydrogen-bond donors (Lipinski definition) is 3. The number of carboxylic acid groups (broad SMARTS) is 2. The van der Waals surface area contributed by atoms with E-state index in [1.807, 2.05) is 22.9 Å². The van der Waals surface area contributed by atoms with Gasteiger partial charge >= 0.3 is 11.9 Å². The van der Waals surface area contributed by atoms with Crippen molar-refractivity contribution < 1.29 is 34.1 Å². The Morgan fingerprint density at radius 3 is 2.16 bits per heavy atom. The van der Waals surface area contributed by atoms with Crippen LogP contribution in [0.15, 0.2) is 30.5 Å². The number of rotatable bonds is 8. The van der Waals surface area contributed by atoms with E-state index in [2.05, 4.69) is 26.3 Å². The molecule has 4 rings (SSSR count). The first-order valence-electron chi connectivity index (χ1n) is 12.3. The van der Waals surface area contributed by atoms with Gasteiger partial charge in [-0.05, 0) is 30.5 Å². The Bertz CT molecular complexity index is 1050. The van der Waals surface area contributed by atoms with E-state index in [0.717, 1.165) is 62.9 Å². The van der Waals surface area contributed by atoms with Gasteiger partial charge in [-0.25, -0.2) is 14.3 Å². The molecule has 12 nitrogen and oxygen atoms in total. The molecule has 2 aromatic rings. The number of methoxy groups -OCH3 is 2. The molecule has 1 aromatic heterocycles. The average molecular weight is 518 g/mol. The second-order valence-corrected chi connectivity index (χ2v) is 9.00. The molecule has 2 heterocycles. The predicted octanol–water partition coefficient (Wildman–Crippen LogP) is 1.93. The molecule has 1 aromatic carbocycles. The lowest BCUT2D eigenvalue weighted by Gasteiger charge is -2.34. The highest BCUT2D eigenvalue weighted by molar-refractivity contribution is 6.27. The molecule has 1 amide bonds. The molecule has 1 saturated heterocycles. The van der Waals surface area contributed by atoms with Crippen molar-refractivity contribution in [3.05, 3.63) is 36.0 Å². The van der Waals surface area contributed by atoms with Crippen LogP contribution in [0, 0.1) is 0 Å². The second-order valence-electron chi connectivity index (χ2n) is 9.00. The van der Waals surface area contributed by atoms with Gasteiger partial charge in [0.1, 0.15) is 5.82 Å². The summed E-state index contributed by atoms with van der Waals surface area (Å²) in [5, 5.41) is 22.3. The fraction of sp³-hybridized carbons (Fsp3) is 0.520. The Morgan fingerprint density at radius 2 is 1.57 bits per heavy atom. The van der Waals surface area contributed by atoms with Gasteiger partial charge in [-0.2, -0.15) is 5.10 Å². The van der Waals surface area contributed by atoms with Crippen LogP contribution in [0.4, 0.5) is 5.82 Å². The molecule has 202 valence electrons. The molecule has 12 heteroatoms.